The highest BCUT2D eigenvalue weighted by Gasteiger charge is 2.14. The van der Waals surface area contributed by atoms with Gasteiger partial charge in [0.05, 0.1) is 65.1 Å². The third-order valence-corrected chi connectivity index (χ3v) is 5.87. The number of ether oxygens (including phenoxy) is 6. The molecular weight excluding hydrogens is 484 g/mol. The van der Waals surface area contributed by atoms with Crippen molar-refractivity contribution in [1.29, 1.82) is 0 Å². The lowest BCUT2D eigenvalue weighted by Gasteiger charge is -2.13. The Morgan fingerprint density at radius 3 is 1.11 bits per heavy atom. The lowest BCUT2D eigenvalue weighted by molar-refractivity contribution is 0.324. The third kappa shape index (κ3) is 5.49. The van der Waals surface area contributed by atoms with E-state index in [0.717, 1.165) is 22.2 Å². The number of benzene rings is 3. The lowest BCUT2D eigenvalue weighted by atomic mass is 10.1. The van der Waals surface area contributed by atoms with Crippen LogP contribution in [-0.4, -0.2) is 52.6 Å². The second-order valence-corrected chi connectivity index (χ2v) is 8.07. The quantitative estimate of drug-likeness (QED) is 0.254. The van der Waals surface area contributed by atoms with Gasteiger partial charge in [-0.1, -0.05) is 24.3 Å². The molecule has 0 aliphatic carbocycles. The molecule has 4 rings (SSSR count). The Labute approximate surface area is 222 Å². The van der Waals surface area contributed by atoms with Gasteiger partial charge in [0.15, 0.2) is 23.0 Å². The standard InChI is InChI=1S/C30H30N2O6/c1-33-25-15-19(16-26(34-2)29(25)37-5)11-13-23-24(32-22-10-8-7-9-21(22)31-23)14-12-20-17-27(35-3)30(38-6)28(18-20)36-4/h7-18H,1-6H3/b13-11+,14-12+. The minimum Gasteiger partial charge on any atom is -0.493 e. The van der Waals surface area contributed by atoms with Crippen LogP contribution in [0.3, 0.4) is 0 Å². The van der Waals surface area contributed by atoms with Crippen LogP contribution in [0.2, 0.25) is 0 Å². The van der Waals surface area contributed by atoms with Crippen molar-refractivity contribution in [3.63, 3.8) is 0 Å². The number of fused-ring (bicyclic) bond motifs is 1. The molecule has 0 saturated heterocycles. The molecule has 0 aliphatic rings. The molecule has 0 saturated carbocycles. The first-order chi connectivity index (χ1) is 18.5. The van der Waals surface area contributed by atoms with Gasteiger partial charge in [-0.25, -0.2) is 9.97 Å². The molecule has 0 radical (unpaired) electrons. The van der Waals surface area contributed by atoms with Gasteiger partial charge in [0, 0.05) is 0 Å². The van der Waals surface area contributed by atoms with Crippen molar-refractivity contribution < 1.29 is 28.4 Å². The molecule has 0 bridgehead atoms. The summed E-state index contributed by atoms with van der Waals surface area (Å²) >= 11 is 0. The Bertz CT molecular complexity index is 1330. The van der Waals surface area contributed by atoms with Crippen molar-refractivity contribution in [3.05, 3.63) is 71.0 Å². The van der Waals surface area contributed by atoms with E-state index in [1.165, 1.54) is 0 Å². The van der Waals surface area contributed by atoms with Crippen LogP contribution in [0, 0.1) is 0 Å². The van der Waals surface area contributed by atoms with Gasteiger partial charge in [-0.2, -0.15) is 0 Å². The molecular formula is C30H30N2O6. The maximum absolute atomic E-state index is 5.49. The van der Waals surface area contributed by atoms with Crippen LogP contribution in [-0.2, 0) is 0 Å². The predicted molar refractivity (Wildman–Crippen MR) is 150 cm³/mol. The monoisotopic (exact) mass is 514 g/mol. The molecule has 0 aliphatic heterocycles. The lowest BCUT2D eigenvalue weighted by Crippen LogP contribution is -1.96. The van der Waals surface area contributed by atoms with E-state index in [4.69, 9.17) is 38.4 Å². The molecule has 8 nitrogen and oxygen atoms in total. The predicted octanol–water partition coefficient (Wildman–Crippen LogP) is 6.02. The SMILES string of the molecule is COc1cc(/C=C/c2nc3ccccc3nc2/C=C/c2cc(OC)c(OC)c(OC)c2)cc(OC)c1OC. The molecule has 4 aromatic rings. The van der Waals surface area contributed by atoms with E-state index in [1.807, 2.05) is 72.8 Å². The summed E-state index contributed by atoms with van der Waals surface area (Å²) in [7, 11) is 9.51. The molecule has 38 heavy (non-hydrogen) atoms. The highest BCUT2D eigenvalue weighted by atomic mass is 16.5. The van der Waals surface area contributed by atoms with E-state index in [-0.39, 0.29) is 0 Å². The second-order valence-electron chi connectivity index (χ2n) is 8.07. The molecule has 0 unspecified atom stereocenters. The molecule has 1 heterocycles. The number of nitrogens with zero attached hydrogens (tertiary/aromatic N) is 2. The molecule has 0 spiro atoms. The van der Waals surface area contributed by atoms with Crippen LogP contribution >= 0.6 is 0 Å². The molecule has 0 amide bonds. The van der Waals surface area contributed by atoms with Crippen LogP contribution in [0.15, 0.2) is 48.5 Å². The van der Waals surface area contributed by atoms with E-state index in [2.05, 4.69) is 0 Å². The Morgan fingerprint density at radius 1 is 0.474 bits per heavy atom. The fourth-order valence-corrected chi connectivity index (χ4v) is 4.02. The summed E-state index contributed by atoms with van der Waals surface area (Å²) in [5, 5.41) is 0. The van der Waals surface area contributed by atoms with E-state index in [9.17, 15) is 0 Å². The molecule has 0 fully saturated rings. The highest BCUT2D eigenvalue weighted by Crippen LogP contribution is 2.39. The van der Waals surface area contributed by atoms with Crippen molar-refractivity contribution in [3.8, 4) is 34.5 Å². The Balaban J connectivity index is 1.78. The van der Waals surface area contributed by atoms with Crippen molar-refractivity contribution in [2.24, 2.45) is 0 Å². The van der Waals surface area contributed by atoms with E-state index < -0.39 is 0 Å². The number of hydrogen-bond acceptors (Lipinski definition) is 8. The Morgan fingerprint density at radius 2 is 0.816 bits per heavy atom. The zero-order chi connectivity index (χ0) is 27.1. The summed E-state index contributed by atoms with van der Waals surface area (Å²) in [5.74, 6) is 3.34. The fourth-order valence-electron chi connectivity index (χ4n) is 4.02. The average molecular weight is 515 g/mol. The third-order valence-electron chi connectivity index (χ3n) is 5.87. The van der Waals surface area contributed by atoms with Crippen LogP contribution in [0.25, 0.3) is 35.3 Å². The number of rotatable bonds is 10. The molecule has 0 atom stereocenters. The van der Waals surface area contributed by atoms with Gasteiger partial charge in [0.25, 0.3) is 0 Å². The maximum atomic E-state index is 5.49. The topological polar surface area (TPSA) is 81.2 Å². The number of methoxy groups -OCH3 is 6. The summed E-state index contributed by atoms with van der Waals surface area (Å²) in [4.78, 5) is 9.72. The van der Waals surface area contributed by atoms with Crippen molar-refractivity contribution in [1.82, 2.24) is 9.97 Å². The first-order valence-corrected chi connectivity index (χ1v) is 11.8. The molecule has 3 aromatic carbocycles. The van der Waals surface area contributed by atoms with Crippen molar-refractivity contribution >= 4 is 35.3 Å². The van der Waals surface area contributed by atoms with Gasteiger partial charge in [-0.15, -0.1) is 0 Å². The second kappa shape index (κ2) is 12.0. The first kappa shape index (κ1) is 26.3. The summed E-state index contributed by atoms with van der Waals surface area (Å²) in [5.41, 5.74) is 4.69. The Hall–Kier alpha value is -4.72. The maximum Gasteiger partial charge on any atom is 0.203 e. The summed E-state index contributed by atoms with van der Waals surface area (Å²) in [6, 6.07) is 15.2. The number of aromatic nitrogens is 2. The summed E-state index contributed by atoms with van der Waals surface area (Å²) in [6.07, 6.45) is 7.68. The van der Waals surface area contributed by atoms with Crippen molar-refractivity contribution in [2.45, 2.75) is 0 Å². The Kier molecular flexibility index (Phi) is 8.33. The largest absolute Gasteiger partial charge is 0.493 e. The van der Waals surface area contributed by atoms with Crippen LogP contribution < -0.4 is 28.4 Å². The van der Waals surface area contributed by atoms with Crippen LogP contribution in [0.4, 0.5) is 0 Å². The molecule has 1 aromatic heterocycles. The van der Waals surface area contributed by atoms with Crippen LogP contribution in [0.1, 0.15) is 22.5 Å². The number of hydrogen-bond donors (Lipinski definition) is 0. The van der Waals surface area contributed by atoms with Gasteiger partial charge in [-0.05, 0) is 59.7 Å². The normalized spacial score (nSPS) is 11.2. The van der Waals surface area contributed by atoms with E-state index >= 15 is 0 Å². The molecule has 8 heteroatoms. The first-order valence-electron chi connectivity index (χ1n) is 11.8. The zero-order valence-corrected chi connectivity index (χ0v) is 22.3. The zero-order valence-electron chi connectivity index (χ0n) is 22.3. The molecule has 196 valence electrons. The van der Waals surface area contributed by atoms with Gasteiger partial charge in [0.1, 0.15) is 0 Å². The van der Waals surface area contributed by atoms with Gasteiger partial charge >= 0.3 is 0 Å². The van der Waals surface area contributed by atoms with E-state index in [1.54, 1.807) is 42.7 Å². The summed E-state index contributed by atoms with van der Waals surface area (Å²) in [6.45, 7) is 0. The summed E-state index contributed by atoms with van der Waals surface area (Å²) < 4.78 is 32.8. The minimum absolute atomic E-state index is 0.534. The molecule has 0 N–H and O–H groups in total. The van der Waals surface area contributed by atoms with Gasteiger partial charge in [0.2, 0.25) is 11.5 Å². The highest BCUT2D eigenvalue weighted by molar-refractivity contribution is 5.83. The van der Waals surface area contributed by atoms with E-state index in [0.29, 0.717) is 45.9 Å². The minimum atomic E-state index is 0.534. The fraction of sp³-hybridized carbons (Fsp3) is 0.200. The van der Waals surface area contributed by atoms with Gasteiger partial charge < -0.3 is 28.4 Å². The van der Waals surface area contributed by atoms with Crippen LogP contribution in [0.5, 0.6) is 34.5 Å². The van der Waals surface area contributed by atoms with Crippen molar-refractivity contribution in [2.75, 3.05) is 42.7 Å². The number of para-hydroxylation sites is 2. The average Bonchev–Trinajstić information content (AvgIpc) is 2.97. The smallest absolute Gasteiger partial charge is 0.203 e. The van der Waals surface area contributed by atoms with Gasteiger partial charge in [-0.3, -0.25) is 0 Å².